The molecule has 1 aliphatic heterocycles. The van der Waals surface area contributed by atoms with Gasteiger partial charge in [0.05, 0.1) is 6.54 Å². The Morgan fingerprint density at radius 1 is 1.60 bits per heavy atom. The highest BCUT2D eigenvalue weighted by atomic mass is 79.9. The van der Waals surface area contributed by atoms with Crippen molar-refractivity contribution in [3.63, 3.8) is 0 Å². The fourth-order valence-corrected chi connectivity index (χ4v) is 2.11. The summed E-state index contributed by atoms with van der Waals surface area (Å²) >= 11 is 3.23. The molecule has 1 unspecified atom stereocenters. The first-order chi connectivity index (χ1) is 7.15. The van der Waals surface area contributed by atoms with Crippen LogP contribution in [0.25, 0.3) is 0 Å². The third kappa shape index (κ3) is 3.86. The second-order valence-corrected chi connectivity index (χ2v) is 5.05. The zero-order chi connectivity index (χ0) is 11.3. The number of carbonyl (C=O) groups excluding carboxylic acids is 1. The van der Waals surface area contributed by atoms with Gasteiger partial charge in [-0.15, -0.1) is 0 Å². The predicted octanol–water partition coefficient (Wildman–Crippen LogP) is 2.87. The lowest BCUT2D eigenvalue weighted by Gasteiger charge is -2.35. The Bertz CT molecular complexity index is 243. The number of amides is 2. The van der Waals surface area contributed by atoms with Crippen LogP contribution < -0.4 is 5.32 Å². The first-order valence-corrected chi connectivity index (χ1v) is 6.32. The van der Waals surface area contributed by atoms with Crippen molar-refractivity contribution in [1.82, 2.24) is 10.2 Å². The molecule has 1 rings (SSSR count). The SMILES string of the molecule is C=C(Br)CNC(=O)N1CCCCC1CC. The highest BCUT2D eigenvalue weighted by Gasteiger charge is 2.24. The van der Waals surface area contributed by atoms with E-state index in [1.54, 1.807) is 0 Å². The van der Waals surface area contributed by atoms with Crippen molar-refractivity contribution >= 4 is 22.0 Å². The van der Waals surface area contributed by atoms with Crippen molar-refractivity contribution in [2.24, 2.45) is 0 Å². The molecule has 0 aromatic heterocycles. The Morgan fingerprint density at radius 3 is 2.93 bits per heavy atom. The highest BCUT2D eigenvalue weighted by Crippen LogP contribution is 2.19. The van der Waals surface area contributed by atoms with E-state index in [0.717, 1.165) is 30.3 Å². The molecule has 0 aromatic carbocycles. The molecule has 1 aliphatic rings. The molecule has 1 N–H and O–H groups in total. The zero-order valence-corrected chi connectivity index (χ0v) is 10.8. The molecule has 1 fully saturated rings. The fraction of sp³-hybridized carbons (Fsp3) is 0.727. The molecule has 2 amide bonds. The smallest absolute Gasteiger partial charge is 0.317 e. The lowest BCUT2D eigenvalue weighted by atomic mass is 10.0. The van der Waals surface area contributed by atoms with Crippen LogP contribution in [0.1, 0.15) is 32.6 Å². The van der Waals surface area contributed by atoms with E-state index in [4.69, 9.17) is 0 Å². The number of nitrogens with one attached hydrogen (secondary N) is 1. The molecule has 4 heteroatoms. The minimum Gasteiger partial charge on any atom is -0.333 e. The van der Waals surface area contributed by atoms with Gasteiger partial charge in [-0.3, -0.25) is 0 Å². The average Bonchev–Trinajstić information content (AvgIpc) is 2.25. The van der Waals surface area contributed by atoms with Crippen molar-refractivity contribution < 1.29 is 4.79 Å². The quantitative estimate of drug-likeness (QED) is 0.844. The number of piperidine rings is 1. The van der Waals surface area contributed by atoms with Crippen LogP contribution in [0, 0.1) is 0 Å². The monoisotopic (exact) mass is 274 g/mol. The first-order valence-electron chi connectivity index (χ1n) is 5.53. The molecular weight excluding hydrogens is 256 g/mol. The van der Waals surface area contributed by atoms with E-state index >= 15 is 0 Å². The van der Waals surface area contributed by atoms with Gasteiger partial charge in [0.1, 0.15) is 0 Å². The predicted molar refractivity (Wildman–Crippen MR) is 66.1 cm³/mol. The van der Waals surface area contributed by atoms with Crippen LogP contribution in [0.4, 0.5) is 4.79 Å². The van der Waals surface area contributed by atoms with Gasteiger partial charge in [-0.2, -0.15) is 0 Å². The number of hydrogen-bond donors (Lipinski definition) is 1. The molecule has 0 aromatic rings. The highest BCUT2D eigenvalue weighted by molar-refractivity contribution is 9.11. The normalized spacial score (nSPS) is 21.2. The van der Waals surface area contributed by atoms with E-state index in [9.17, 15) is 4.79 Å². The maximum absolute atomic E-state index is 11.8. The number of carbonyl (C=O) groups is 1. The Morgan fingerprint density at radius 2 is 2.33 bits per heavy atom. The molecule has 86 valence electrons. The Balaban J connectivity index is 2.44. The Hall–Kier alpha value is -0.510. The van der Waals surface area contributed by atoms with Gasteiger partial charge in [-0.25, -0.2) is 4.79 Å². The van der Waals surface area contributed by atoms with E-state index in [-0.39, 0.29) is 6.03 Å². The van der Waals surface area contributed by atoms with Gasteiger partial charge in [-0.1, -0.05) is 29.4 Å². The van der Waals surface area contributed by atoms with E-state index in [2.05, 4.69) is 34.7 Å². The minimum absolute atomic E-state index is 0.0437. The molecule has 1 saturated heterocycles. The summed E-state index contributed by atoms with van der Waals surface area (Å²) < 4.78 is 0.806. The number of hydrogen-bond acceptors (Lipinski definition) is 1. The summed E-state index contributed by atoms with van der Waals surface area (Å²) in [6.07, 6.45) is 4.55. The summed E-state index contributed by atoms with van der Waals surface area (Å²) in [6, 6.07) is 0.462. The third-order valence-electron chi connectivity index (χ3n) is 2.79. The van der Waals surface area contributed by atoms with E-state index < -0.39 is 0 Å². The van der Waals surface area contributed by atoms with E-state index in [0.29, 0.717) is 12.6 Å². The summed E-state index contributed by atoms with van der Waals surface area (Å²) in [5.74, 6) is 0. The summed E-state index contributed by atoms with van der Waals surface area (Å²) in [7, 11) is 0. The van der Waals surface area contributed by atoms with Crippen LogP contribution in [0.15, 0.2) is 11.1 Å². The molecule has 3 nitrogen and oxygen atoms in total. The summed E-state index contributed by atoms with van der Waals surface area (Å²) in [4.78, 5) is 13.8. The Kier molecular flexibility index (Phi) is 5.15. The number of rotatable bonds is 3. The standard InChI is InChI=1S/C11H19BrN2O/c1-3-10-6-4-5-7-14(10)11(15)13-8-9(2)12/h10H,2-8H2,1H3,(H,13,15). The van der Waals surface area contributed by atoms with Gasteiger partial charge >= 0.3 is 6.03 Å². The second kappa shape index (κ2) is 6.16. The maximum atomic E-state index is 11.8. The van der Waals surface area contributed by atoms with Crippen LogP contribution in [0.2, 0.25) is 0 Å². The maximum Gasteiger partial charge on any atom is 0.317 e. The van der Waals surface area contributed by atoms with Crippen molar-refractivity contribution in [1.29, 1.82) is 0 Å². The van der Waals surface area contributed by atoms with Gasteiger partial charge < -0.3 is 10.2 Å². The van der Waals surface area contributed by atoms with Crippen molar-refractivity contribution in [3.8, 4) is 0 Å². The van der Waals surface area contributed by atoms with E-state index in [1.165, 1.54) is 6.42 Å². The number of halogens is 1. The lowest BCUT2D eigenvalue weighted by molar-refractivity contribution is 0.149. The molecule has 0 saturated carbocycles. The van der Waals surface area contributed by atoms with E-state index in [1.807, 2.05) is 4.90 Å². The summed E-state index contributed by atoms with van der Waals surface area (Å²) in [6.45, 7) is 7.23. The topological polar surface area (TPSA) is 32.3 Å². The molecular formula is C11H19BrN2O. The molecule has 1 heterocycles. The zero-order valence-electron chi connectivity index (χ0n) is 9.26. The minimum atomic E-state index is 0.0437. The number of urea groups is 1. The van der Waals surface area contributed by atoms with Gasteiger partial charge in [0.2, 0.25) is 0 Å². The van der Waals surface area contributed by atoms with Gasteiger partial charge in [0.15, 0.2) is 0 Å². The molecule has 15 heavy (non-hydrogen) atoms. The molecule has 0 spiro atoms. The van der Waals surface area contributed by atoms with Gasteiger partial charge in [-0.05, 0) is 25.7 Å². The van der Waals surface area contributed by atoms with Gasteiger partial charge in [0.25, 0.3) is 0 Å². The molecule has 1 atom stereocenters. The third-order valence-corrected chi connectivity index (χ3v) is 3.07. The van der Waals surface area contributed by atoms with Crippen molar-refractivity contribution in [3.05, 3.63) is 11.1 Å². The summed E-state index contributed by atoms with van der Waals surface area (Å²) in [5.41, 5.74) is 0. The Labute approximate surface area is 100 Å². The molecule has 0 bridgehead atoms. The fourth-order valence-electron chi connectivity index (χ4n) is 1.97. The van der Waals surface area contributed by atoms with Crippen molar-refractivity contribution in [2.75, 3.05) is 13.1 Å². The van der Waals surface area contributed by atoms with Crippen LogP contribution in [-0.2, 0) is 0 Å². The van der Waals surface area contributed by atoms with Crippen LogP contribution in [0.5, 0.6) is 0 Å². The number of likely N-dealkylation sites (tertiary alicyclic amines) is 1. The number of nitrogens with zero attached hydrogens (tertiary/aromatic N) is 1. The lowest BCUT2D eigenvalue weighted by Crippen LogP contribution is -2.48. The first kappa shape index (κ1) is 12.6. The molecule has 0 radical (unpaired) electrons. The van der Waals surface area contributed by atoms with Crippen LogP contribution in [-0.4, -0.2) is 30.1 Å². The van der Waals surface area contributed by atoms with Gasteiger partial charge in [0, 0.05) is 17.1 Å². The van der Waals surface area contributed by atoms with Crippen molar-refractivity contribution in [2.45, 2.75) is 38.6 Å². The van der Waals surface area contributed by atoms with Crippen LogP contribution in [0.3, 0.4) is 0 Å². The second-order valence-electron chi connectivity index (χ2n) is 3.93. The largest absolute Gasteiger partial charge is 0.333 e. The summed E-state index contributed by atoms with van der Waals surface area (Å²) in [5, 5.41) is 2.86. The molecule has 0 aliphatic carbocycles. The average molecular weight is 275 g/mol. The van der Waals surface area contributed by atoms with Crippen LogP contribution >= 0.6 is 15.9 Å².